The van der Waals surface area contributed by atoms with Gasteiger partial charge in [0.25, 0.3) is 0 Å². The molecule has 6 nitrogen and oxygen atoms in total. The van der Waals surface area contributed by atoms with Crippen molar-refractivity contribution in [2.24, 2.45) is 0 Å². The third kappa shape index (κ3) is 5.15. The van der Waals surface area contributed by atoms with E-state index in [0.29, 0.717) is 25.3 Å². The van der Waals surface area contributed by atoms with Crippen molar-refractivity contribution in [3.63, 3.8) is 0 Å². The fourth-order valence-corrected chi connectivity index (χ4v) is 3.89. The van der Waals surface area contributed by atoms with Crippen LogP contribution in [0.3, 0.4) is 0 Å². The molecule has 0 N–H and O–H groups in total. The molecule has 0 amide bonds. The highest BCUT2D eigenvalue weighted by atomic mass is 16.6. The zero-order valence-electron chi connectivity index (χ0n) is 17.2. The largest absolute Gasteiger partial charge is 0.377 e. The second kappa shape index (κ2) is 9.11. The monoisotopic (exact) mass is 358 g/mol. The number of hydrogen-bond acceptors (Lipinski definition) is 6. The van der Waals surface area contributed by atoms with Crippen LogP contribution in [0.5, 0.6) is 0 Å². The SMILES string of the molecule is CO[C@H]1CN(C(C)C)C[C@@]1(C)OCCO[C@H]1CN(C(C)C)C[C@H]1OC. The summed E-state index contributed by atoms with van der Waals surface area (Å²) < 4.78 is 23.6. The maximum atomic E-state index is 6.23. The van der Waals surface area contributed by atoms with Crippen molar-refractivity contribution in [3.8, 4) is 0 Å². The van der Waals surface area contributed by atoms with Crippen LogP contribution in [0.15, 0.2) is 0 Å². The molecule has 148 valence electrons. The van der Waals surface area contributed by atoms with Gasteiger partial charge < -0.3 is 18.9 Å². The molecule has 0 aromatic carbocycles. The maximum absolute atomic E-state index is 6.23. The second-order valence-corrected chi connectivity index (χ2v) is 8.14. The molecule has 0 radical (unpaired) electrons. The van der Waals surface area contributed by atoms with Crippen molar-refractivity contribution in [1.82, 2.24) is 9.80 Å². The summed E-state index contributed by atoms with van der Waals surface area (Å²) in [6, 6.07) is 1.02. The van der Waals surface area contributed by atoms with Gasteiger partial charge in [-0.1, -0.05) is 0 Å². The fourth-order valence-electron chi connectivity index (χ4n) is 3.89. The molecular formula is C19H38N2O4. The Morgan fingerprint density at radius 1 is 0.880 bits per heavy atom. The minimum Gasteiger partial charge on any atom is -0.377 e. The number of methoxy groups -OCH3 is 2. The lowest BCUT2D eigenvalue weighted by Crippen LogP contribution is -2.43. The van der Waals surface area contributed by atoms with Gasteiger partial charge in [-0.3, -0.25) is 9.80 Å². The van der Waals surface area contributed by atoms with E-state index >= 15 is 0 Å². The third-order valence-corrected chi connectivity index (χ3v) is 5.74. The fraction of sp³-hybridized carbons (Fsp3) is 1.00. The van der Waals surface area contributed by atoms with Crippen molar-refractivity contribution in [2.45, 2.75) is 70.6 Å². The number of likely N-dealkylation sites (tertiary alicyclic amines) is 2. The highest BCUT2D eigenvalue weighted by Crippen LogP contribution is 2.29. The molecule has 0 saturated carbocycles. The van der Waals surface area contributed by atoms with E-state index in [4.69, 9.17) is 18.9 Å². The predicted octanol–water partition coefficient (Wildman–Crippen LogP) is 1.62. The van der Waals surface area contributed by atoms with Gasteiger partial charge in [-0.15, -0.1) is 0 Å². The van der Waals surface area contributed by atoms with Gasteiger partial charge in [0.05, 0.1) is 31.5 Å². The Kier molecular flexibility index (Phi) is 7.67. The topological polar surface area (TPSA) is 43.4 Å². The molecule has 4 atom stereocenters. The molecule has 2 aliphatic rings. The first-order valence-corrected chi connectivity index (χ1v) is 9.60. The molecule has 2 aliphatic heterocycles. The normalized spacial score (nSPS) is 34.7. The molecule has 6 heteroatoms. The molecule has 2 heterocycles. The summed E-state index contributed by atoms with van der Waals surface area (Å²) >= 11 is 0. The van der Waals surface area contributed by atoms with E-state index in [0.717, 1.165) is 26.2 Å². The van der Waals surface area contributed by atoms with Crippen molar-refractivity contribution >= 4 is 0 Å². The van der Waals surface area contributed by atoms with Crippen molar-refractivity contribution in [1.29, 1.82) is 0 Å². The lowest BCUT2D eigenvalue weighted by atomic mass is 10.0. The maximum Gasteiger partial charge on any atom is 0.105 e. The summed E-state index contributed by atoms with van der Waals surface area (Å²) in [5, 5.41) is 0. The van der Waals surface area contributed by atoms with Gasteiger partial charge in [-0.2, -0.15) is 0 Å². The zero-order valence-corrected chi connectivity index (χ0v) is 17.2. The zero-order chi connectivity index (χ0) is 18.6. The summed E-state index contributed by atoms with van der Waals surface area (Å²) in [5.41, 5.74) is -0.275. The highest BCUT2D eigenvalue weighted by Gasteiger charge is 2.45. The Hall–Kier alpha value is -0.240. The summed E-state index contributed by atoms with van der Waals surface area (Å²) in [5.74, 6) is 0. The molecule has 0 bridgehead atoms. The molecular weight excluding hydrogens is 320 g/mol. The van der Waals surface area contributed by atoms with Crippen molar-refractivity contribution < 1.29 is 18.9 Å². The molecule has 2 saturated heterocycles. The molecule has 0 spiro atoms. The minimum absolute atomic E-state index is 0.101. The van der Waals surface area contributed by atoms with Crippen LogP contribution in [0.25, 0.3) is 0 Å². The van der Waals surface area contributed by atoms with Crippen LogP contribution in [0.4, 0.5) is 0 Å². The molecule has 2 fully saturated rings. The summed E-state index contributed by atoms with van der Waals surface area (Å²) in [7, 11) is 3.54. The average molecular weight is 359 g/mol. The molecule has 0 aromatic heterocycles. The summed E-state index contributed by atoms with van der Waals surface area (Å²) in [6.45, 7) is 15.9. The van der Waals surface area contributed by atoms with Crippen molar-refractivity contribution in [3.05, 3.63) is 0 Å². The molecule has 0 unspecified atom stereocenters. The van der Waals surface area contributed by atoms with Crippen LogP contribution in [0, 0.1) is 0 Å². The van der Waals surface area contributed by atoms with Gasteiger partial charge in [0.15, 0.2) is 0 Å². The van der Waals surface area contributed by atoms with Crippen molar-refractivity contribution in [2.75, 3.05) is 53.6 Å². The number of nitrogens with zero attached hydrogens (tertiary/aromatic N) is 2. The van der Waals surface area contributed by atoms with Crippen LogP contribution in [0.1, 0.15) is 34.6 Å². The average Bonchev–Trinajstić information content (AvgIpc) is 3.13. The molecule has 2 rings (SSSR count). The standard InChI is InChI=1S/C19H38N2O4/c1-14(2)20-10-16(22-6)17(11-20)24-8-9-25-19(5)13-21(15(3)4)12-18(19)23-7/h14-18H,8-13H2,1-7H3/t16-,17+,18+,19-/m1/s1. The minimum atomic E-state index is -0.275. The lowest BCUT2D eigenvalue weighted by molar-refractivity contribution is -0.121. The number of rotatable bonds is 9. The Bertz CT molecular complexity index is 407. The van der Waals surface area contributed by atoms with E-state index in [1.165, 1.54) is 0 Å². The Balaban J connectivity index is 1.78. The first-order chi connectivity index (χ1) is 11.8. The Morgan fingerprint density at radius 3 is 2.08 bits per heavy atom. The lowest BCUT2D eigenvalue weighted by Gasteiger charge is -2.30. The summed E-state index contributed by atoms with van der Waals surface area (Å²) in [4.78, 5) is 4.81. The van der Waals surface area contributed by atoms with Crippen LogP contribution in [-0.2, 0) is 18.9 Å². The summed E-state index contributed by atoms with van der Waals surface area (Å²) in [6.07, 6.45) is 0.370. The highest BCUT2D eigenvalue weighted by molar-refractivity contribution is 4.98. The Labute approximate surface area is 153 Å². The van der Waals surface area contributed by atoms with E-state index in [-0.39, 0.29) is 23.9 Å². The van der Waals surface area contributed by atoms with Crippen LogP contribution >= 0.6 is 0 Å². The van der Waals surface area contributed by atoms with E-state index in [9.17, 15) is 0 Å². The van der Waals surface area contributed by atoms with Gasteiger partial charge >= 0.3 is 0 Å². The second-order valence-electron chi connectivity index (χ2n) is 8.14. The third-order valence-electron chi connectivity index (χ3n) is 5.74. The van der Waals surface area contributed by atoms with E-state index in [1.54, 1.807) is 14.2 Å². The van der Waals surface area contributed by atoms with Crippen LogP contribution in [-0.4, -0.2) is 99.4 Å². The van der Waals surface area contributed by atoms with Gasteiger partial charge in [0.2, 0.25) is 0 Å². The van der Waals surface area contributed by atoms with Gasteiger partial charge in [-0.25, -0.2) is 0 Å². The van der Waals surface area contributed by atoms with Gasteiger partial charge in [-0.05, 0) is 34.6 Å². The quantitative estimate of drug-likeness (QED) is 0.584. The van der Waals surface area contributed by atoms with Crippen LogP contribution < -0.4 is 0 Å². The number of ether oxygens (including phenoxy) is 4. The van der Waals surface area contributed by atoms with Gasteiger partial charge in [0.1, 0.15) is 5.60 Å². The Morgan fingerprint density at radius 2 is 1.52 bits per heavy atom. The number of hydrogen-bond donors (Lipinski definition) is 0. The first-order valence-electron chi connectivity index (χ1n) is 9.60. The smallest absolute Gasteiger partial charge is 0.105 e. The molecule has 25 heavy (non-hydrogen) atoms. The molecule has 0 aromatic rings. The van der Waals surface area contributed by atoms with E-state index in [2.05, 4.69) is 44.4 Å². The van der Waals surface area contributed by atoms with E-state index in [1.807, 2.05) is 0 Å². The predicted molar refractivity (Wildman–Crippen MR) is 99.1 cm³/mol. The first kappa shape index (κ1) is 21.1. The van der Waals surface area contributed by atoms with Crippen LogP contribution in [0.2, 0.25) is 0 Å². The molecule has 0 aliphatic carbocycles. The van der Waals surface area contributed by atoms with Gasteiger partial charge in [0, 0.05) is 52.5 Å². The van der Waals surface area contributed by atoms with E-state index < -0.39 is 0 Å².